The molecule has 2 amide bonds. The molecule has 1 aromatic rings. The van der Waals surface area contributed by atoms with Crippen molar-refractivity contribution in [3.05, 3.63) is 27.7 Å². The number of benzene rings is 1. The summed E-state index contributed by atoms with van der Waals surface area (Å²) in [5.74, 6) is -1.02. The lowest BCUT2D eigenvalue weighted by Gasteiger charge is -2.18. The fourth-order valence-corrected chi connectivity index (χ4v) is 2.39. The summed E-state index contributed by atoms with van der Waals surface area (Å²) in [6.07, 6.45) is 0.151. The van der Waals surface area contributed by atoms with E-state index in [1.165, 1.54) is 4.90 Å². The molecule has 0 radical (unpaired) electrons. The molecule has 1 aromatic carbocycles. The van der Waals surface area contributed by atoms with E-state index < -0.39 is 11.8 Å². The first-order valence-electron chi connectivity index (χ1n) is 5.04. The zero-order valence-corrected chi connectivity index (χ0v) is 11.2. The van der Waals surface area contributed by atoms with Crippen LogP contribution in [0, 0.1) is 5.92 Å². The fraction of sp³-hybridized carbons (Fsp3) is 0.273. The van der Waals surface area contributed by atoms with E-state index >= 15 is 0 Å². The molecule has 0 aliphatic carbocycles. The largest absolute Gasteiger partial charge is 0.369 e. The summed E-state index contributed by atoms with van der Waals surface area (Å²) in [6.45, 7) is 0.296. The molecule has 1 saturated heterocycles. The van der Waals surface area contributed by atoms with Gasteiger partial charge >= 0.3 is 0 Å². The quantitative estimate of drug-likeness (QED) is 0.906. The summed E-state index contributed by atoms with van der Waals surface area (Å²) in [5.41, 5.74) is 5.81. The van der Waals surface area contributed by atoms with Crippen LogP contribution in [0.5, 0.6) is 0 Å². The summed E-state index contributed by atoms with van der Waals surface area (Å²) in [5, 5.41) is 0.478. The van der Waals surface area contributed by atoms with Crippen LogP contribution in [-0.2, 0) is 9.59 Å². The van der Waals surface area contributed by atoms with Crippen LogP contribution in [0.25, 0.3) is 0 Å². The SMILES string of the molecule is NC(=O)C1CC(=O)N(c2cc(Br)ccc2Cl)C1. The van der Waals surface area contributed by atoms with Gasteiger partial charge in [-0.3, -0.25) is 9.59 Å². The van der Waals surface area contributed by atoms with Crippen LogP contribution in [-0.4, -0.2) is 18.4 Å². The predicted octanol–water partition coefficient (Wildman–Crippen LogP) is 1.94. The Bertz CT molecular complexity index is 492. The van der Waals surface area contributed by atoms with E-state index in [9.17, 15) is 9.59 Å². The van der Waals surface area contributed by atoms with Crippen molar-refractivity contribution in [3.8, 4) is 0 Å². The normalized spacial score (nSPS) is 19.8. The maximum atomic E-state index is 11.8. The molecule has 2 rings (SSSR count). The molecule has 4 nitrogen and oxygen atoms in total. The number of primary amides is 1. The zero-order valence-electron chi connectivity index (χ0n) is 8.82. The van der Waals surface area contributed by atoms with Crippen molar-refractivity contribution < 1.29 is 9.59 Å². The number of carbonyl (C=O) groups excluding carboxylic acids is 2. The van der Waals surface area contributed by atoms with Crippen molar-refractivity contribution in [3.63, 3.8) is 0 Å². The van der Waals surface area contributed by atoms with Crippen molar-refractivity contribution in [2.75, 3.05) is 11.4 Å². The summed E-state index contributed by atoms with van der Waals surface area (Å²) < 4.78 is 0.826. The van der Waals surface area contributed by atoms with Crippen molar-refractivity contribution >= 4 is 45.0 Å². The Morgan fingerprint density at radius 1 is 1.53 bits per heavy atom. The zero-order chi connectivity index (χ0) is 12.6. The van der Waals surface area contributed by atoms with Crippen LogP contribution in [0.3, 0.4) is 0 Å². The van der Waals surface area contributed by atoms with E-state index in [0.717, 1.165) is 4.47 Å². The Balaban J connectivity index is 2.32. The average Bonchev–Trinajstić information content (AvgIpc) is 2.64. The number of carbonyl (C=O) groups is 2. The number of halogens is 2. The number of hydrogen-bond donors (Lipinski definition) is 1. The van der Waals surface area contributed by atoms with Gasteiger partial charge in [0.1, 0.15) is 0 Å². The van der Waals surface area contributed by atoms with Crippen LogP contribution in [0.2, 0.25) is 5.02 Å². The molecular weight excluding hydrogens is 307 g/mol. The molecule has 17 heavy (non-hydrogen) atoms. The third-order valence-corrected chi connectivity index (χ3v) is 3.54. The molecule has 1 fully saturated rings. The van der Waals surface area contributed by atoms with E-state index in [2.05, 4.69) is 15.9 Å². The molecule has 1 atom stereocenters. The van der Waals surface area contributed by atoms with E-state index in [-0.39, 0.29) is 12.3 Å². The van der Waals surface area contributed by atoms with Crippen LogP contribution in [0.1, 0.15) is 6.42 Å². The highest BCUT2D eigenvalue weighted by atomic mass is 79.9. The lowest BCUT2D eigenvalue weighted by molar-refractivity contribution is -0.123. The van der Waals surface area contributed by atoms with E-state index in [1.54, 1.807) is 18.2 Å². The fourth-order valence-electron chi connectivity index (χ4n) is 1.82. The number of rotatable bonds is 2. The van der Waals surface area contributed by atoms with Gasteiger partial charge in [0.15, 0.2) is 0 Å². The molecule has 0 bridgehead atoms. The molecule has 0 spiro atoms. The van der Waals surface area contributed by atoms with Gasteiger partial charge in [0, 0.05) is 17.4 Å². The van der Waals surface area contributed by atoms with Gasteiger partial charge in [0.2, 0.25) is 11.8 Å². The van der Waals surface area contributed by atoms with Gasteiger partial charge in [-0.25, -0.2) is 0 Å². The predicted molar refractivity (Wildman–Crippen MR) is 68.8 cm³/mol. The molecule has 90 valence electrons. The third-order valence-electron chi connectivity index (χ3n) is 2.73. The molecule has 1 heterocycles. The molecule has 1 aliphatic rings. The molecule has 1 unspecified atom stereocenters. The Morgan fingerprint density at radius 2 is 2.24 bits per heavy atom. The second-order valence-corrected chi connectivity index (χ2v) is 5.23. The minimum atomic E-state index is -0.452. The highest BCUT2D eigenvalue weighted by Gasteiger charge is 2.34. The molecule has 1 aliphatic heterocycles. The van der Waals surface area contributed by atoms with Gasteiger partial charge in [0.05, 0.1) is 16.6 Å². The van der Waals surface area contributed by atoms with Crippen molar-refractivity contribution in [1.82, 2.24) is 0 Å². The first kappa shape index (κ1) is 12.4. The van der Waals surface area contributed by atoms with Crippen LogP contribution in [0.4, 0.5) is 5.69 Å². The number of anilines is 1. The Labute approximate surface area is 112 Å². The highest BCUT2D eigenvalue weighted by molar-refractivity contribution is 9.10. The van der Waals surface area contributed by atoms with Gasteiger partial charge in [-0.05, 0) is 18.2 Å². The Hall–Kier alpha value is -1.07. The van der Waals surface area contributed by atoms with Gasteiger partial charge < -0.3 is 10.6 Å². The van der Waals surface area contributed by atoms with Gasteiger partial charge in [0.25, 0.3) is 0 Å². The van der Waals surface area contributed by atoms with Crippen LogP contribution < -0.4 is 10.6 Å². The topological polar surface area (TPSA) is 63.4 Å². The van der Waals surface area contributed by atoms with Gasteiger partial charge in [-0.2, -0.15) is 0 Å². The maximum Gasteiger partial charge on any atom is 0.227 e. The summed E-state index contributed by atoms with van der Waals surface area (Å²) in [7, 11) is 0. The second kappa shape index (κ2) is 4.66. The van der Waals surface area contributed by atoms with E-state index in [0.29, 0.717) is 17.3 Å². The standard InChI is InChI=1S/C11H10BrClN2O2/c12-7-1-2-8(13)9(4-7)15-5-6(11(14)17)3-10(15)16/h1-2,4,6H,3,5H2,(H2,14,17). The molecular formula is C11H10BrClN2O2. The molecule has 0 aromatic heterocycles. The van der Waals surface area contributed by atoms with Crippen LogP contribution >= 0.6 is 27.5 Å². The number of nitrogens with two attached hydrogens (primary N) is 1. The number of amides is 2. The minimum Gasteiger partial charge on any atom is -0.369 e. The van der Waals surface area contributed by atoms with Crippen LogP contribution in [0.15, 0.2) is 22.7 Å². The summed E-state index contributed by atoms with van der Waals surface area (Å²) in [6, 6.07) is 5.24. The van der Waals surface area contributed by atoms with E-state index in [4.69, 9.17) is 17.3 Å². The second-order valence-electron chi connectivity index (χ2n) is 3.90. The Morgan fingerprint density at radius 3 is 2.82 bits per heavy atom. The average molecular weight is 318 g/mol. The van der Waals surface area contributed by atoms with Crippen molar-refractivity contribution in [1.29, 1.82) is 0 Å². The van der Waals surface area contributed by atoms with E-state index in [1.807, 2.05) is 0 Å². The molecule has 0 saturated carbocycles. The first-order valence-corrected chi connectivity index (χ1v) is 6.21. The molecule has 6 heteroatoms. The third kappa shape index (κ3) is 2.45. The van der Waals surface area contributed by atoms with Gasteiger partial charge in [-0.15, -0.1) is 0 Å². The molecule has 2 N–H and O–H groups in total. The lowest BCUT2D eigenvalue weighted by Crippen LogP contribution is -2.28. The highest BCUT2D eigenvalue weighted by Crippen LogP contribution is 2.33. The van der Waals surface area contributed by atoms with Gasteiger partial charge in [-0.1, -0.05) is 27.5 Å². The van der Waals surface area contributed by atoms with Crippen molar-refractivity contribution in [2.24, 2.45) is 11.7 Å². The summed E-state index contributed by atoms with van der Waals surface area (Å²) in [4.78, 5) is 24.4. The summed E-state index contributed by atoms with van der Waals surface area (Å²) >= 11 is 9.36. The number of hydrogen-bond acceptors (Lipinski definition) is 2. The Kier molecular flexibility index (Phi) is 3.40. The van der Waals surface area contributed by atoms with Crippen molar-refractivity contribution in [2.45, 2.75) is 6.42 Å². The minimum absolute atomic E-state index is 0.131. The monoisotopic (exact) mass is 316 g/mol. The smallest absolute Gasteiger partial charge is 0.227 e. The lowest BCUT2D eigenvalue weighted by atomic mass is 10.1. The first-order chi connectivity index (χ1) is 7.99. The maximum absolute atomic E-state index is 11.8. The number of nitrogens with zero attached hydrogens (tertiary/aromatic N) is 1.